The lowest BCUT2D eigenvalue weighted by molar-refractivity contribution is -0.188. The summed E-state index contributed by atoms with van der Waals surface area (Å²) in [7, 11) is 0. The number of rotatable bonds is 6. The van der Waals surface area contributed by atoms with E-state index in [1.54, 1.807) is 0 Å². The van der Waals surface area contributed by atoms with E-state index in [1.807, 2.05) is 0 Å². The highest BCUT2D eigenvalue weighted by atomic mass is 35.5. The van der Waals surface area contributed by atoms with E-state index in [0.29, 0.717) is 12.5 Å². The molecule has 2 rings (SSSR count). The van der Waals surface area contributed by atoms with Crippen LogP contribution in [0.1, 0.15) is 38.5 Å². The van der Waals surface area contributed by atoms with E-state index in [0.717, 1.165) is 6.42 Å². The maximum absolute atomic E-state index is 12.9. The Bertz CT molecular complexity index is 456. The third kappa shape index (κ3) is 6.66. The summed E-state index contributed by atoms with van der Waals surface area (Å²) in [4.78, 5) is 24.2. The van der Waals surface area contributed by atoms with Gasteiger partial charge in [0.15, 0.2) is 0 Å². The van der Waals surface area contributed by atoms with Crippen LogP contribution < -0.4 is 5.32 Å². The highest BCUT2D eigenvalue weighted by molar-refractivity contribution is 5.85. The zero-order chi connectivity index (χ0) is 17.7. The molecule has 2 aliphatic rings. The number of carbonyl (C=O) groups excluding carboxylic acids is 1. The standard InChI is InChI=1S/C16H25F3N2O3.ClH/c17-16(18,19)13-9-21(8-12(13)15(23)24)10-14(22)20-7-6-11-4-2-1-3-5-11;/h11-13H,1-10H2,(H,20,22)(H,23,24);1H/t12-,13-;/m1./s1. The average molecular weight is 387 g/mol. The van der Waals surface area contributed by atoms with Crippen LogP contribution >= 0.6 is 12.4 Å². The van der Waals surface area contributed by atoms with Crippen molar-refractivity contribution in [2.45, 2.75) is 44.7 Å². The summed E-state index contributed by atoms with van der Waals surface area (Å²) >= 11 is 0. The molecule has 1 heterocycles. The van der Waals surface area contributed by atoms with E-state index < -0.39 is 30.5 Å². The van der Waals surface area contributed by atoms with Crippen LogP contribution in [0.25, 0.3) is 0 Å². The number of carboxylic acids is 1. The van der Waals surface area contributed by atoms with Gasteiger partial charge >= 0.3 is 12.1 Å². The number of halogens is 4. The first-order chi connectivity index (χ1) is 11.3. The lowest BCUT2D eigenvalue weighted by Gasteiger charge is -2.22. The van der Waals surface area contributed by atoms with Gasteiger partial charge in [0, 0.05) is 19.6 Å². The van der Waals surface area contributed by atoms with Crippen LogP contribution in [0, 0.1) is 17.8 Å². The van der Waals surface area contributed by atoms with E-state index in [4.69, 9.17) is 5.11 Å². The summed E-state index contributed by atoms with van der Waals surface area (Å²) in [5.74, 6) is -4.59. The summed E-state index contributed by atoms with van der Waals surface area (Å²) in [5.41, 5.74) is 0. The summed E-state index contributed by atoms with van der Waals surface area (Å²) in [6.45, 7) is -0.324. The smallest absolute Gasteiger partial charge is 0.393 e. The molecule has 0 aromatic heterocycles. The van der Waals surface area contributed by atoms with Gasteiger partial charge in [-0.15, -0.1) is 12.4 Å². The van der Waals surface area contributed by atoms with Gasteiger partial charge in [-0.05, 0) is 12.3 Å². The van der Waals surface area contributed by atoms with Crippen molar-refractivity contribution in [2.24, 2.45) is 17.8 Å². The summed E-state index contributed by atoms with van der Waals surface area (Å²) < 4.78 is 38.7. The highest BCUT2D eigenvalue weighted by Crippen LogP contribution is 2.37. The SMILES string of the molecule is Cl.O=C(CN1C[C@@H](C(F)(F)F)[C@H](C(=O)O)C1)NCCC1CCCCC1. The quantitative estimate of drug-likeness (QED) is 0.736. The Morgan fingerprint density at radius 2 is 1.76 bits per heavy atom. The number of hydrogen-bond acceptors (Lipinski definition) is 3. The van der Waals surface area contributed by atoms with Crippen molar-refractivity contribution >= 4 is 24.3 Å². The van der Waals surface area contributed by atoms with Crippen molar-refractivity contribution < 1.29 is 27.9 Å². The molecule has 0 unspecified atom stereocenters. The van der Waals surface area contributed by atoms with Gasteiger partial charge in [0.25, 0.3) is 0 Å². The maximum atomic E-state index is 12.9. The number of carbonyl (C=O) groups is 2. The largest absolute Gasteiger partial charge is 0.481 e. The predicted octanol–water partition coefficient (Wildman–Crippen LogP) is 2.69. The maximum Gasteiger partial charge on any atom is 0.393 e. The zero-order valence-corrected chi connectivity index (χ0v) is 14.9. The Hall–Kier alpha value is -1.02. The summed E-state index contributed by atoms with van der Waals surface area (Å²) in [6.07, 6.45) is 2.40. The second kappa shape index (κ2) is 9.62. The molecule has 0 aromatic carbocycles. The van der Waals surface area contributed by atoms with Crippen LogP contribution in [-0.2, 0) is 9.59 Å². The molecule has 2 atom stereocenters. The number of carboxylic acid groups (broad SMARTS) is 1. The molecule has 0 aromatic rings. The normalized spacial score (nSPS) is 25.4. The summed E-state index contributed by atoms with van der Waals surface area (Å²) in [6, 6.07) is 0. The zero-order valence-electron chi connectivity index (χ0n) is 14.1. The lowest BCUT2D eigenvalue weighted by Crippen LogP contribution is -2.37. The number of likely N-dealkylation sites (tertiary alicyclic amines) is 1. The molecule has 1 aliphatic carbocycles. The van der Waals surface area contributed by atoms with Crippen LogP contribution in [0.15, 0.2) is 0 Å². The van der Waals surface area contributed by atoms with Crippen LogP contribution in [0.3, 0.4) is 0 Å². The molecule has 1 amide bonds. The monoisotopic (exact) mass is 386 g/mol. The van der Waals surface area contributed by atoms with Crippen LogP contribution in [0.5, 0.6) is 0 Å². The number of aliphatic carboxylic acids is 1. The number of nitrogens with zero attached hydrogens (tertiary/aromatic N) is 1. The Morgan fingerprint density at radius 1 is 1.12 bits per heavy atom. The van der Waals surface area contributed by atoms with Crippen molar-refractivity contribution in [3.8, 4) is 0 Å². The predicted molar refractivity (Wildman–Crippen MR) is 88.6 cm³/mol. The summed E-state index contributed by atoms with van der Waals surface area (Å²) in [5, 5.41) is 11.7. The molecule has 1 saturated carbocycles. The van der Waals surface area contributed by atoms with Gasteiger partial charge in [-0.1, -0.05) is 32.1 Å². The van der Waals surface area contributed by atoms with Crippen molar-refractivity contribution in [3.05, 3.63) is 0 Å². The molecule has 2 fully saturated rings. The molecule has 1 saturated heterocycles. The Balaban J connectivity index is 0.00000312. The first kappa shape index (κ1) is 22.0. The van der Waals surface area contributed by atoms with E-state index in [2.05, 4.69) is 5.32 Å². The second-order valence-corrected chi connectivity index (χ2v) is 6.93. The van der Waals surface area contributed by atoms with Gasteiger partial charge in [-0.25, -0.2) is 0 Å². The van der Waals surface area contributed by atoms with Crippen molar-refractivity contribution in [3.63, 3.8) is 0 Å². The highest BCUT2D eigenvalue weighted by Gasteiger charge is 2.52. The van der Waals surface area contributed by atoms with Crippen LogP contribution in [0.4, 0.5) is 13.2 Å². The second-order valence-electron chi connectivity index (χ2n) is 6.93. The molecule has 1 aliphatic heterocycles. The van der Waals surface area contributed by atoms with Crippen LogP contribution in [-0.4, -0.2) is 54.2 Å². The first-order valence-electron chi connectivity index (χ1n) is 8.56. The minimum atomic E-state index is -4.56. The topological polar surface area (TPSA) is 69.6 Å². The minimum Gasteiger partial charge on any atom is -0.481 e. The fourth-order valence-corrected chi connectivity index (χ4v) is 3.75. The number of nitrogens with one attached hydrogen (secondary N) is 1. The van der Waals surface area contributed by atoms with Gasteiger partial charge in [-0.3, -0.25) is 14.5 Å². The van der Waals surface area contributed by atoms with Crippen LogP contribution in [0.2, 0.25) is 0 Å². The molecule has 0 radical (unpaired) electrons. The van der Waals surface area contributed by atoms with Crippen molar-refractivity contribution in [1.82, 2.24) is 10.2 Å². The number of hydrogen-bond donors (Lipinski definition) is 2. The van der Waals surface area contributed by atoms with E-state index in [9.17, 15) is 22.8 Å². The van der Waals surface area contributed by atoms with E-state index in [-0.39, 0.29) is 31.4 Å². The van der Waals surface area contributed by atoms with E-state index >= 15 is 0 Å². The first-order valence-corrected chi connectivity index (χ1v) is 8.56. The lowest BCUT2D eigenvalue weighted by atomic mass is 9.87. The molecule has 146 valence electrons. The fourth-order valence-electron chi connectivity index (χ4n) is 3.75. The number of amides is 1. The molecule has 0 spiro atoms. The third-order valence-corrected chi connectivity index (χ3v) is 5.10. The Morgan fingerprint density at radius 3 is 2.28 bits per heavy atom. The molecular formula is C16H26ClF3N2O3. The third-order valence-electron chi connectivity index (χ3n) is 5.10. The van der Waals surface area contributed by atoms with Gasteiger partial charge < -0.3 is 10.4 Å². The average Bonchev–Trinajstić information content (AvgIpc) is 2.92. The fraction of sp³-hybridized carbons (Fsp3) is 0.875. The van der Waals surface area contributed by atoms with Gasteiger partial charge in [0.05, 0.1) is 18.4 Å². The minimum absolute atomic E-state index is 0. The molecule has 2 N–H and O–H groups in total. The molecule has 25 heavy (non-hydrogen) atoms. The van der Waals surface area contributed by atoms with Crippen molar-refractivity contribution in [2.75, 3.05) is 26.2 Å². The molecule has 5 nitrogen and oxygen atoms in total. The van der Waals surface area contributed by atoms with Gasteiger partial charge in [0.2, 0.25) is 5.91 Å². The Kier molecular flexibility index (Phi) is 8.47. The van der Waals surface area contributed by atoms with Gasteiger partial charge in [-0.2, -0.15) is 13.2 Å². The Labute approximate surface area is 151 Å². The molecular weight excluding hydrogens is 361 g/mol. The molecule has 9 heteroatoms. The van der Waals surface area contributed by atoms with Crippen molar-refractivity contribution in [1.29, 1.82) is 0 Å². The van der Waals surface area contributed by atoms with E-state index in [1.165, 1.54) is 37.0 Å². The number of alkyl halides is 3. The van der Waals surface area contributed by atoms with Gasteiger partial charge in [0.1, 0.15) is 0 Å². The molecule has 0 bridgehead atoms.